The van der Waals surface area contributed by atoms with Gasteiger partial charge in [0.15, 0.2) is 5.78 Å². The summed E-state index contributed by atoms with van der Waals surface area (Å²) in [6.07, 6.45) is 0. The highest BCUT2D eigenvalue weighted by Gasteiger charge is 2.58. The summed E-state index contributed by atoms with van der Waals surface area (Å²) in [6.45, 7) is 1.34. The van der Waals surface area contributed by atoms with Crippen molar-refractivity contribution in [1.29, 1.82) is 0 Å². The number of amides is 2. The quantitative estimate of drug-likeness (QED) is 0.723. The van der Waals surface area contributed by atoms with E-state index in [1.807, 2.05) is 0 Å². The molecule has 1 saturated heterocycles. The van der Waals surface area contributed by atoms with E-state index in [2.05, 4.69) is 5.10 Å². The van der Waals surface area contributed by atoms with Crippen molar-refractivity contribution in [2.75, 3.05) is 24.1 Å². The Morgan fingerprint density at radius 1 is 0.966 bits per heavy atom. The molecule has 0 saturated carbocycles. The van der Waals surface area contributed by atoms with Gasteiger partial charge in [-0.2, -0.15) is 5.10 Å². The monoisotopic (exact) mass is 393 g/mol. The van der Waals surface area contributed by atoms with Crippen molar-refractivity contribution >= 4 is 34.7 Å². The maximum Gasteiger partial charge on any atom is 0.260 e. The average Bonchev–Trinajstić information content (AvgIpc) is 3.25. The Bertz CT molecular complexity index is 1030. The highest BCUT2D eigenvalue weighted by atomic mass is 16.5. The maximum atomic E-state index is 13.3. The zero-order valence-electron chi connectivity index (χ0n) is 16.2. The molecule has 2 atom stereocenters. The van der Waals surface area contributed by atoms with E-state index in [4.69, 9.17) is 9.47 Å². The Balaban J connectivity index is 1.79. The van der Waals surface area contributed by atoms with Crippen LogP contribution in [0.25, 0.3) is 0 Å². The highest BCUT2D eigenvalue weighted by Crippen LogP contribution is 2.40. The molecule has 0 aliphatic carbocycles. The van der Waals surface area contributed by atoms with Gasteiger partial charge >= 0.3 is 0 Å². The van der Waals surface area contributed by atoms with Crippen LogP contribution in [-0.4, -0.2) is 43.6 Å². The second-order valence-electron chi connectivity index (χ2n) is 6.69. The van der Waals surface area contributed by atoms with E-state index in [9.17, 15) is 14.4 Å². The van der Waals surface area contributed by atoms with Crippen LogP contribution in [0.5, 0.6) is 11.5 Å². The molecule has 2 aromatic rings. The summed E-state index contributed by atoms with van der Waals surface area (Å²) in [5.74, 6) is -1.22. The number of ether oxygens (including phenoxy) is 2. The Morgan fingerprint density at radius 3 is 2.28 bits per heavy atom. The van der Waals surface area contributed by atoms with E-state index in [1.54, 1.807) is 55.6 Å². The number of hydrogen-bond acceptors (Lipinski definition) is 7. The molecule has 0 spiro atoms. The summed E-state index contributed by atoms with van der Waals surface area (Å²) in [7, 11) is 3.02. The van der Waals surface area contributed by atoms with Crippen molar-refractivity contribution in [1.82, 2.24) is 0 Å². The summed E-state index contributed by atoms with van der Waals surface area (Å²) in [6, 6.07) is 12.8. The lowest BCUT2D eigenvalue weighted by Crippen LogP contribution is -2.39. The third-order valence-corrected chi connectivity index (χ3v) is 5.07. The minimum absolute atomic E-state index is 0.0709. The second kappa shape index (κ2) is 7.05. The summed E-state index contributed by atoms with van der Waals surface area (Å²) in [5, 5.41) is 5.77. The molecule has 4 rings (SSSR count). The minimum atomic E-state index is -0.966. The number of hydrogen-bond donors (Lipinski definition) is 0. The summed E-state index contributed by atoms with van der Waals surface area (Å²) >= 11 is 0. The zero-order chi connectivity index (χ0) is 20.7. The van der Waals surface area contributed by atoms with Crippen molar-refractivity contribution < 1.29 is 23.9 Å². The number of hydrazone groups is 1. The first kappa shape index (κ1) is 18.7. The molecular formula is C21H19N3O5. The molecule has 0 radical (unpaired) electrons. The van der Waals surface area contributed by atoms with Gasteiger partial charge in [0.05, 0.1) is 25.6 Å². The molecule has 1 fully saturated rings. The number of Topliss-reactive ketones (excluding diaryl/α,β-unsaturated/α-hetero) is 1. The fourth-order valence-corrected chi connectivity index (χ4v) is 3.70. The number of fused-ring (bicyclic) bond motifs is 1. The Kier molecular flexibility index (Phi) is 4.54. The first-order valence-electron chi connectivity index (χ1n) is 9.01. The van der Waals surface area contributed by atoms with E-state index in [-0.39, 0.29) is 11.5 Å². The summed E-state index contributed by atoms with van der Waals surface area (Å²) < 4.78 is 10.5. The highest BCUT2D eigenvalue weighted by molar-refractivity contribution is 6.49. The van der Waals surface area contributed by atoms with Gasteiger partial charge in [0, 0.05) is 6.92 Å². The van der Waals surface area contributed by atoms with Crippen LogP contribution in [0.15, 0.2) is 53.6 Å². The third kappa shape index (κ3) is 2.84. The Hall–Kier alpha value is -3.68. The molecule has 0 bridgehead atoms. The fourth-order valence-electron chi connectivity index (χ4n) is 3.70. The number of carbonyl (C=O) groups is 3. The molecule has 148 valence electrons. The van der Waals surface area contributed by atoms with Crippen LogP contribution in [0.1, 0.15) is 6.92 Å². The molecule has 8 heteroatoms. The number of anilines is 2. The number of rotatable bonds is 5. The second-order valence-corrected chi connectivity index (χ2v) is 6.69. The Labute approximate surface area is 167 Å². The first-order chi connectivity index (χ1) is 14.0. The molecule has 2 heterocycles. The number of para-hydroxylation sites is 2. The lowest BCUT2D eigenvalue weighted by Gasteiger charge is -2.23. The SMILES string of the molecule is COc1ccc(N2N=C(C(C)=O)[C@@H]3C(=O)N(c4ccccc4OC)C(=O)[C@@H]32)cc1. The largest absolute Gasteiger partial charge is 0.497 e. The topological polar surface area (TPSA) is 88.5 Å². The van der Waals surface area contributed by atoms with E-state index in [1.165, 1.54) is 19.0 Å². The lowest BCUT2D eigenvalue weighted by molar-refractivity contribution is -0.122. The van der Waals surface area contributed by atoms with Gasteiger partial charge < -0.3 is 9.47 Å². The molecule has 8 nitrogen and oxygen atoms in total. The van der Waals surface area contributed by atoms with Gasteiger partial charge in [0.1, 0.15) is 29.2 Å². The number of carbonyl (C=O) groups excluding carboxylic acids is 3. The predicted octanol–water partition coefficient (Wildman–Crippen LogP) is 2.03. The smallest absolute Gasteiger partial charge is 0.260 e. The third-order valence-electron chi connectivity index (χ3n) is 5.07. The van der Waals surface area contributed by atoms with Gasteiger partial charge in [-0.05, 0) is 36.4 Å². The normalized spacial score (nSPS) is 20.6. The summed E-state index contributed by atoms with van der Waals surface area (Å²) in [5.41, 5.74) is 0.999. The molecule has 0 N–H and O–H groups in total. The number of benzene rings is 2. The van der Waals surface area contributed by atoms with Crippen molar-refractivity contribution in [3.63, 3.8) is 0 Å². The van der Waals surface area contributed by atoms with Gasteiger partial charge in [-0.25, -0.2) is 4.90 Å². The molecule has 0 aromatic heterocycles. The Morgan fingerprint density at radius 2 is 1.66 bits per heavy atom. The van der Waals surface area contributed by atoms with Crippen molar-refractivity contribution in [3.8, 4) is 11.5 Å². The van der Waals surface area contributed by atoms with Crippen LogP contribution < -0.4 is 19.4 Å². The standard InChI is InChI=1S/C21H19N3O5/c1-12(25)18-17-19(24(22-18)13-8-10-14(28-2)11-9-13)21(27)23(20(17)26)15-6-4-5-7-16(15)29-3/h4-11,17,19H,1-3H3/t17-,19+/m0/s1. The van der Waals surface area contributed by atoms with Crippen molar-refractivity contribution in [3.05, 3.63) is 48.5 Å². The van der Waals surface area contributed by atoms with Crippen LogP contribution in [-0.2, 0) is 14.4 Å². The molecule has 0 unspecified atom stereocenters. The van der Waals surface area contributed by atoms with Gasteiger partial charge in [-0.3, -0.25) is 19.4 Å². The van der Waals surface area contributed by atoms with Crippen molar-refractivity contribution in [2.45, 2.75) is 13.0 Å². The van der Waals surface area contributed by atoms with Crippen LogP contribution in [0, 0.1) is 5.92 Å². The van der Waals surface area contributed by atoms with E-state index >= 15 is 0 Å². The van der Waals surface area contributed by atoms with E-state index in [0.29, 0.717) is 22.9 Å². The van der Waals surface area contributed by atoms with Crippen LogP contribution >= 0.6 is 0 Å². The molecule has 29 heavy (non-hydrogen) atoms. The lowest BCUT2D eigenvalue weighted by atomic mass is 9.95. The molecular weight excluding hydrogens is 374 g/mol. The first-order valence-corrected chi connectivity index (χ1v) is 9.01. The van der Waals surface area contributed by atoms with Gasteiger partial charge in [-0.1, -0.05) is 12.1 Å². The number of ketones is 1. The van der Waals surface area contributed by atoms with Gasteiger partial charge in [-0.15, -0.1) is 0 Å². The van der Waals surface area contributed by atoms with Crippen LogP contribution in [0.3, 0.4) is 0 Å². The minimum Gasteiger partial charge on any atom is -0.497 e. The molecule has 2 aliphatic rings. The van der Waals surface area contributed by atoms with Gasteiger partial charge in [0.25, 0.3) is 5.91 Å². The van der Waals surface area contributed by atoms with Crippen LogP contribution in [0.4, 0.5) is 11.4 Å². The molecule has 2 aromatic carbocycles. The van der Waals surface area contributed by atoms with Crippen LogP contribution in [0.2, 0.25) is 0 Å². The van der Waals surface area contributed by atoms with E-state index in [0.717, 1.165) is 4.90 Å². The van der Waals surface area contributed by atoms with Crippen molar-refractivity contribution in [2.24, 2.45) is 11.0 Å². The molecule has 2 amide bonds. The predicted molar refractivity (Wildman–Crippen MR) is 106 cm³/mol. The number of methoxy groups -OCH3 is 2. The van der Waals surface area contributed by atoms with Gasteiger partial charge in [0.2, 0.25) is 5.91 Å². The molecule has 2 aliphatic heterocycles. The summed E-state index contributed by atoms with van der Waals surface area (Å²) in [4.78, 5) is 39.9. The fraction of sp³-hybridized carbons (Fsp3) is 0.238. The average molecular weight is 393 g/mol. The zero-order valence-corrected chi connectivity index (χ0v) is 16.2. The number of nitrogens with zero attached hydrogens (tertiary/aromatic N) is 3. The number of imide groups is 1. The van der Waals surface area contributed by atoms with E-state index < -0.39 is 23.8 Å². The maximum absolute atomic E-state index is 13.3.